The van der Waals surface area contributed by atoms with Gasteiger partial charge in [-0.05, 0) is 30.7 Å². The molecule has 1 rings (SSSR count). The molecule has 3 N–H and O–H groups in total. The van der Waals surface area contributed by atoms with E-state index in [1.807, 2.05) is 0 Å². The molecule has 1 amide bonds. The predicted octanol–water partition coefficient (Wildman–Crippen LogP) is 3.43. The molecule has 0 saturated carbocycles. The van der Waals surface area contributed by atoms with Crippen LogP contribution in [0.15, 0.2) is 24.3 Å². The maximum absolute atomic E-state index is 11.3. The zero-order valence-electron chi connectivity index (χ0n) is 9.94. The Balaban J connectivity index is 0.00000256. The molecule has 96 valence electrons. The van der Waals surface area contributed by atoms with Gasteiger partial charge in [0.1, 0.15) is 0 Å². The number of nitrogen functional groups attached to an aromatic ring is 1. The fourth-order valence-corrected chi connectivity index (χ4v) is 1.24. The third-order valence-corrected chi connectivity index (χ3v) is 2.14. The summed E-state index contributed by atoms with van der Waals surface area (Å²) in [6, 6.07) is 6.94. The molecule has 1 aromatic carbocycles. The zero-order chi connectivity index (χ0) is 11.8. The number of hydrogen-bond acceptors (Lipinski definition) is 3. The Morgan fingerprint density at radius 3 is 2.53 bits per heavy atom. The Morgan fingerprint density at radius 2 is 1.94 bits per heavy atom. The van der Waals surface area contributed by atoms with Crippen LogP contribution in [0.4, 0.5) is 16.2 Å². The smallest absolute Gasteiger partial charge is 0.411 e. The summed E-state index contributed by atoms with van der Waals surface area (Å²) in [5.74, 6) is 0. The molecule has 4 nitrogen and oxygen atoms in total. The molecule has 0 atom stereocenters. The van der Waals surface area contributed by atoms with Gasteiger partial charge in [-0.25, -0.2) is 4.79 Å². The lowest BCUT2D eigenvalue weighted by Crippen LogP contribution is -2.14. The minimum atomic E-state index is -0.416. The lowest BCUT2D eigenvalue weighted by Gasteiger charge is -2.06. The molecule has 0 aromatic heterocycles. The van der Waals surface area contributed by atoms with Crippen LogP contribution < -0.4 is 11.1 Å². The van der Waals surface area contributed by atoms with Gasteiger partial charge in [0.25, 0.3) is 0 Å². The molecular weight excluding hydrogens is 240 g/mol. The number of ether oxygens (including phenoxy) is 1. The van der Waals surface area contributed by atoms with Crippen molar-refractivity contribution >= 4 is 29.9 Å². The molecule has 0 bridgehead atoms. The van der Waals surface area contributed by atoms with E-state index in [0.29, 0.717) is 18.0 Å². The van der Waals surface area contributed by atoms with Gasteiger partial charge in [-0.1, -0.05) is 19.8 Å². The van der Waals surface area contributed by atoms with Crippen LogP contribution in [0, 0.1) is 0 Å². The molecule has 0 aliphatic carbocycles. The summed E-state index contributed by atoms with van der Waals surface area (Å²) in [5.41, 5.74) is 6.88. The van der Waals surface area contributed by atoms with E-state index in [0.717, 1.165) is 19.3 Å². The third kappa shape index (κ3) is 6.68. The molecule has 1 aromatic rings. The van der Waals surface area contributed by atoms with Crippen molar-refractivity contribution in [2.75, 3.05) is 17.7 Å². The minimum absolute atomic E-state index is 0. The number of carbonyl (C=O) groups excluding carboxylic acids is 1. The van der Waals surface area contributed by atoms with E-state index in [-0.39, 0.29) is 12.4 Å². The van der Waals surface area contributed by atoms with Gasteiger partial charge in [0.05, 0.1) is 6.61 Å². The van der Waals surface area contributed by atoms with Crippen LogP contribution in [-0.4, -0.2) is 12.7 Å². The highest BCUT2D eigenvalue weighted by Gasteiger charge is 2.01. The van der Waals surface area contributed by atoms with Crippen molar-refractivity contribution in [3.63, 3.8) is 0 Å². The van der Waals surface area contributed by atoms with Gasteiger partial charge in [-0.2, -0.15) is 0 Å². The topological polar surface area (TPSA) is 64.3 Å². The van der Waals surface area contributed by atoms with Crippen LogP contribution in [0.5, 0.6) is 0 Å². The Labute approximate surface area is 108 Å². The van der Waals surface area contributed by atoms with Crippen molar-refractivity contribution in [1.82, 2.24) is 0 Å². The van der Waals surface area contributed by atoms with Gasteiger partial charge in [-0.3, -0.25) is 5.32 Å². The quantitative estimate of drug-likeness (QED) is 0.628. The van der Waals surface area contributed by atoms with E-state index >= 15 is 0 Å². The maximum Gasteiger partial charge on any atom is 0.411 e. The van der Waals surface area contributed by atoms with E-state index < -0.39 is 6.09 Å². The highest BCUT2D eigenvalue weighted by atomic mass is 35.5. The Hall–Kier alpha value is -1.42. The number of amides is 1. The Morgan fingerprint density at radius 1 is 1.29 bits per heavy atom. The molecule has 0 heterocycles. The molecule has 17 heavy (non-hydrogen) atoms. The molecule has 0 unspecified atom stereocenters. The number of nitrogens with one attached hydrogen (secondary N) is 1. The van der Waals surface area contributed by atoms with Crippen LogP contribution in [0.3, 0.4) is 0 Å². The molecular formula is C12H19ClN2O2. The molecule has 5 heteroatoms. The first kappa shape index (κ1) is 15.6. The van der Waals surface area contributed by atoms with E-state index in [1.54, 1.807) is 24.3 Å². The summed E-state index contributed by atoms with van der Waals surface area (Å²) >= 11 is 0. The van der Waals surface area contributed by atoms with Gasteiger partial charge in [0.15, 0.2) is 0 Å². The van der Waals surface area contributed by atoms with Crippen molar-refractivity contribution in [2.24, 2.45) is 0 Å². The van der Waals surface area contributed by atoms with Gasteiger partial charge < -0.3 is 10.5 Å². The fourth-order valence-electron chi connectivity index (χ4n) is 1.24. The first-order valence-corrected chi connectivity index (χ1v) is 5.51. The monoisotopic (exact) mass is 258 g/mol. The number of nitrogens with two attached hydrogens (primary N) is 1. The number of unbranched alkanes of at least 4 members (excludes halogenated alkanes) is 2. The lowest BCUT2D eigenvalue weighted by atomic mass is 10.3. The average Bonchev–Trinajstić information content (AvgIpc) is 2.28. The molecule has 0 aliphatic rings. The highest BCUT2D eigenvalue weighted by molar-refractivity contribution is 5.85. The first-order chi connectivity index (χ1) is 7.72. The fraction of sp³-hybridized carbons (Fsp3) is 0.417. The summed E-state index contributed by atoms with van der Waals surface area (Å²) in [6.45, 7) is 2.57. The summed E-state index contributed by atoms with van der Waals surface area (Å²) in [6.07, 6.45) is 2.69. The van der Waals surface area contributed by atoms with Crippen molar-refractivity contribution in [2.45, 2.75) is 26.2 Å². The average molecular weight is 259 g/mol. The second kappa shape index (κ2) is 8.70. The predicted molar refractivity (Wildman–Crippen MR) is 72.6 cm³/mol. The molecule has 0 saturated heterocycles. The standard InChI is InChI=1S/C12H18N2O2.ClH/c1-2-3-4-9-16-12(15)14-11-7-5-10(13)6-8-11;/h5-8H,2-4,9,13H2,1H3,(H,14,15);1H. The number of anilines is 2. The highest BCUT2D eigenvalue weighted by Crippen LogP contribution is 2.10. The maximum atomic E-state index is 11.3. The Kier molecular flexibility index (Phi) is 7.97. The van der Waals surface area contributed by atoms with E-state index in [9.17, 15) is 4.79 Å². The molecule has 0 radical (unpaired) electrons. The number of benzene rings is 1. The molecule has 0 fully saturated rings. The van der Waals surface area contributed by atoms with Crippen molar-refractivity contribution in [3.05, 3.63) is 24.3 Å². The van der Waals surface area contributed by atoms with E-state index in [1.165, 1.54) is 0 Å². The van der Waals surface area contributed by atoms with Gasteiger partial charge in [0.2, 0.25) is 0 Å². The van der Waals surface area contributed by atoms with Gasteiger partial charge in [0, 0.05) is 11.4 Å². The molecule has 0 aliphatic heterocycles. The van der Waals surface area contributed by atoms with Crippen molar-refractivity contribution < 1.29 is 9.53 Å². The molecule has 0 spiro atoms. The number of carbonyl (C=O) groups is 1. The van der Waals surface area contributed by atoms with Crippen molar-refractivity contribution in [1.29, 1.82) is 0 Å². The van der Waals surface area contributed by atoms with Crippen molar-refractivity contribution in [3.8, 4) is 0 Å². The zero-order valence-corrected chi connectivity index (χ0v) is 10.8. The van der Waals surface area contributed by atoms with E-state index in [4.69, 9.17) is 10.5 Å². The van der Waals surface area contributed by atoms with Gasteiger partial charge >= 0.3 is 6.09 Å². The van der Waals surface area contributed by atoms with Crippen LogP contribution in [0.25, 0.3) is 0 Å². The second-order valence-corrected chi connectivity index (χ2v) is 3.59. The van der Waals surface area contributed by atoms with Crippen LogP contribution in [0.2, 0.25) is 0 Å². The minimum Gasteiger partial charge on any atom is -0.449 e. The van der Waals surface area contributed by atoms with Crippen LogP contribution >= 0.6 is 12.4 Å². The summed E-state index contributed by atoms with van der Waals surface area (Å²) < 4.78 is 5.00. The Bertz CT molecular complexity index is 328. The van der Waals surface area contributed by atoms with E-state index in [2.05, 4.69) is 12.2 Å². The summed E-state index contributed by atoms with van der Waals surface area (Å²) in [5, 5.41) is 2.63. The number of halogens is 1. The third-order valence-electron chi connectivity index (χ3n) is 2.14. The number of hydrogen-bond donors (Lipinski definition) is 2. The lowest BCUT2D eigenvalue weighted by molar-refractivity contribution is 0.159. The summed E-state index contributed by atoms with van der Waals surface area (Å²) in [4.78, 5) is 11.3. The second-order valence-electron chi connectivity index (χ2n) is 3.59. The van der Waals surface area contributed by atoms with Crippen LogP contribution in [-0.2, 0) is 4.74 Å². The summed E-state index contributed by atoms with van der Waals surface area (Å²) in [7, 11) is 0. The SMILES string of the molecule is CCCCCOC(=O)Nc1ccc(N)cc1.Cl. The first-order valence-electron chi connectivity index (χ1n) is 5.51. The van der Waals surface area contributed by atoms with Crippen LogP contribution in [0.1, 0.15) is 26.2 Å². The normalized spacial score (nSPS) is 9.24. The largest absolute Gasteiger partial charge is 0.449 e. The number of rotatable bonds is 5. The van der Waals surface area contributed by atoms with Gasteiger partial charge in [-0.15, -0.1) is 12.4 Å².